The van der Waals surface area contributed by atoms with Crippen LogP contribution in [0.25, 0.3) is 76.9 Å². The molecule has 0 aliphatic carbocycles. The largest absolute Gasteiger partial charge is 0.456 e. The van der Waals surface area contributed by atoms with Gasteiger partial charge in [-0.25, -0.2) is 0 Å². The average molecular weight is 527 g/mol. The van der Waals surface area contributed by atoms with Crippen LogP contribution in [0.5, 0.6) is 0 Å². The topological polar surface area (TPSA) is 13.1 Å². The van der Waals surface area contributed by atoms with E-state index in [0.29, 0.717) is 0 Å². The zero-order chi connectivity index (χ0) is 26.2. The number of rotatable bonds is 2. The second kappa shape index (κ2) is 8.35. The standard InChI is InChI=1S/C38H22OS/c1-2-9-24-22-34-32(21-23(24)8-1)37-28(13-7-16-33(37)39-34)26-11-5-10-25(20-26)27-18-19-36-38-30(27)14-6-15-31(38)29-12-3-4-17-35(29)40-36/h1-22H. The molecule has 0 fully saturated rings. The zero-order valence-electron chi connectivity index (χ0n) is 21.5. The Bertz CT molecular complexity index is 2310. The summed E-state index contributed by atoms with van der Waals surface area (Å²) in [4.78, 5) is 2.65. The molecule has 0 saturated heterocycles. The van der Waals surface area contributed by atoms with Gasteiger partial charge in [-0.1, -0.05) is 109 Å². The summed E-state index contributed by atoms with van der Waals surface area (Å²) >= 11 is 1.87. The van der Waals surface area contributed by atoms with Gasteiger partial charge in [0.1, 0.15) is 11.2 Å². The van der Waals surface area contributed by atoms with E-state index in [4.69, 9.17) is 4.42 Å². The van der Waals surface area contributed by atoms with Crippen LogP contribution in [0.15, 0.2) is 148 Å². The van der Waals surface area contributed by atoms with Crippen LogP contribution >= 0.6 is 11.8 Å². The molecule has 0 N–H and O–H groups in total. The van der Waals surface area contributed by atoms with Crippen LogP contribution in [-0.4, -0.2) is 0 Å². The van der Waals surface area contributed by atoms with Gasteiger partial charge in [0, 0.05) is 25.9 Å². The quantitative estimate of drug-likeness (QED) is 0.222. The van der Waals surface area contributed by atoms with E-state index >= 15 is 0 Å². The van der Waals surface area contributed by atoms with Crippen LogP contribution in [0.1, 0.15) is 0 Å². The summed E-state index contributed by atoms with van der Waals surface area (Å²) in [6, 6.07) is 48.3. The van der Waals surface area contributed by atoms with Crippen LogP contribution in [0.4, 0.5) is 0 Å². The fraction of sp³-hybridized carbons (Fsp3) is 0. The van der Waals surface area contributed by atoms with Gasteiger partial charge in [0.15, 0.2) is 0 Å². The van der Waals surface area contributed by atoms with Gasteiger partial charge in [-0.15, -0.1) is 0 Å². The average Bonchev–Trinajstić information content (AvgIpc) is 3.38. The minimum absolute atomic E-state index is 0.922. The lowest BCUT2D eigenvalue weighted by atomic mass is 9.91. The maximum absolute atomic E-state index is 6.37. The molecule has 186 valence electrons. The maximum Gasteiger partial charge on any atom is 0.136 e. The third-order valence-corrected chi connectivity index (χ3v) is 9.38. The Hall–Kier alpha value is -4.79. The zero-order valence-corrected chi connectivity index (χ0v) is 22.3. The Labute approximate surface area is 235 Å². The number of fused-ring (bicyclic) bond motifs is 6. The van der Waals surface area contributed by atoms with Crippen molar-refractivity contribution in [1.82, 2.24) is 0 Å². The van der Waals surface area contributed by atoms with Crippen molar-refractivity contribution < 1.29 is 4.42 Å². The Morgan fingerprint density at radius 1 is 0.400 bits per heavy atom. The maximum atomic E-state index is 6.37. The highest BCUT2D eigenvalue weighted by atomic mass is 32.2. The third-order valence-electron chi connectivity index (χ3n) is 8.25. The molecular formula is C38H22OS. The van der Waals surface area contributed by atoms with Gasteiger partial charge in [0.05, 0.1) is 0 Å². The van der Waals surface area contributed by atoms with Crippen molar-refractivity contribution in [3.05, 3.63) is 133 Å². The highest BCUT2D eigenvalue weighted by Gasteiger charge is 2.21. The second-order valence-corrected chi connectivity index (χ2v) is 11.6. The summed E-state index contributed by atoms with van der Waals surface area (Å²) < 4.78 is 6.37. The van der Waals surface area contributed by atoms with E-state index in [2.05, 4.69) is 133 Å². The Morgan fingerprint density at radius 2 is 1.12 bits per heavy atom. The van der Waals surface area contributed by atoms with Crippen molar-refractivity contribution in [3.8, 4) is 33.4 Å². The molecule has 1 aromatic heterocycles. The number of hydrogen-bond donors (Lipinski definition) is 0. The first-order valence-corrected chi connectivity index (χ1v) is 14.4. The SMILES string of the molecule is c1cc(-c2ccc3c4c(cccc24)-c2ccccc2S3)cc(-c2cccc3oc4cc5ccccc5cc4c23)c1. The van der Waals surface area contributed by atoms with E-state index in [1.165, 1.54) is 70.1 Å². The summed E-state index contributed by atoms with van der Waals surface area (Å²) in [6.45, 7) is 0. The van der Waals surface area contributed by atoms with E-state index in [1.54, 1.807) is 0 Å². The van der Waals surface area contributed by atoms with Crippen LogP contribution in [0, 0.1) is 0 Å². The van der Waals surface area contributed by atoms with Crippen molar-refractivity contribution in [1.29, 1.82) is 0 Å². The molecule has 0 atom stereocenters. The molecule has 2 heterocycles. The predicted molar refractivity (Wildman–Crippen MR) is 169 cm³/mol. The van der Waals surface area contributed by atoms with E-state index in [9.17, 15) is 0 Å². The third kappa shape index (κ3) is 3.17. The normalized spacial score (nSPS) is 12.4. The molecule has 2 heteroatoms. The van der Waals surface area contributed by atoms with Gasteiger partial charge >= 0.3 is 0 Å². The van der Waals surface area contributed by atoms with Crippen LogP contribution in [0.3, 0.4) is 0 Å². The lowest BCUT2D eigenvalue weighted by molar-refractivity contribution is 0.669. The van der Waals surface area contributed by atoms with Crippen LogP contribution < -0.4 is 0 Å². The van der Waals surface area contributed by atoms with Crippen LogP contribution in [0.2, 0.25) is 0 Å². The van der Waals surface area contributed by atoms with Gasteiger partial charge < -0.3 is 4.42 Å². The molecule has 0 radical (unpaired) electrons. The molecule has 0 amide bonds. The molecule has 8 aromatic rings. The molecule has 1 nitrogen and oxygen atoms in total. The van der Waals surface area contributed by atoms with Gasteiger partial charge in [0.25, 0.3) is 0 Å². The monoisotopic (exact) mass is 526 g/mol. The summed E-state index contributed by atoms with van der Waals surface area (Å²) in [5, 5.41) is 7.40. The van der Waals surface area contributed by atoms with E-state index < -0.39 is 0 Å². The Balaban J connectivity index is 1.25. The van der Waals surface area contributed by atoms with Gasteiger partial charge in [-0.05, 0) is 85.9 Å². The fourth-order valence-electron chi connectivity index (χ4n) is 6.44. The minimum atomic E-state index is 0.922. The molecule has 0 unspecified atom stereocenters. The summed E-state index contributed by atoms with van der Waals surface area (Å²) in [7, 11) is 0. The van der Waals surface area contributed by atoms with Crippen molar-refractivity contribution in [2.75, 3.05) is 0 Å². The first kappa shape index (κ1) is 22.1. The van der Waals surface area contributed by atoms with Gasteiger partial charge in [0.2, 0.25) is 0 Å². The molecule has 9 rings (SSSR count). The second-order valence-electron chi connectivity index (χ2n) is 10.5. The molecule has 40 heavy (non-hydrogen) atoms. The van der Waals surface area contributed by atoms with Crippen molar-refractivity contribution >= 4 is 55.2 Å². The minimum Gasteiger partial charge on any atom is -0.456 e. The molecule has 0 bridgehead atoms. The van der Waals surface area contributed by atoms with E-state index in [1.807, 2.05) is 11.8 Å². The predicted octanol–water partition coefficient (Wildman–Crippen LogP) is 11.4. The Morgan fingerprint density at radius 3 is 2.05 bits per heavy atom. The lowest BCUT2D eigenvalue weighted by Gasteiger charge is -2.21. The first-order chi connectivity index (χ1) is 19.8. The molecule has 0 saturated carbocycles. The van der Waals surface area contributed by atoms with Crippen molar-refractivity contribution in [2.24, 2.45) is 0 Å². The van der Waals surface area contributed by atoms with Gasteiger partial charge in [-0.2, -0.15) is 0 Å². The highest BCUT2D eigenvalue weighted by molar-refractivity contribution is 7.99. The number of benzene rings is 7. The van der Waals surface area contributed by atoms with Crippen molar-refractivity contribution in [3.63, 3.8) is 0 Å². The van der Waals surface area contributed by atoms with Crippen LogP contribution in [-0.2, 0) is 0 Å². The Kier molecular flexibility index (Phi) is 4.61. The summed E-state index contributed by atoms with van der Waals surface area (Å²) in [5.41, 5.74) is 9.37. The van der Waals surface area contributed by atoms with Crippen molar-refractivity contribution in [2.45, 2.75) is 9.79 Å². The van der Waals surface area contributed by atoms with E-state index in [0.717, 1.165) is 16.6 Å². The molecule has 7 aromatic carbocycles. The molecular weight excluding hydrogens is 504 g/mol. The van der Waals surface area contributed by atoms with Gasteiger partial charge in [-0.3, -0.25) is 0 Å². The first-order valence-electron chi connectivity index (χ1n) is 13.6. The molecule has 1 aliphatic rings. The lowest BCUT2D eigenvalue weighted by Crippen LogP contribution is -1.94. The molecule has 1 aliphatic heterocycles. The van der Waals surface area contributed by atoms with E-state index in [-0.39, 0.29) is 0 Å². The fourth-order valence-corrected chi connectivity index (χ4v) is 7.57. The number of furan rings is 1. The summed E-state index contributed by atoms with van der Waals surface area (Å²) in [6.07, 6.45) is 0. The molecule has 0 spiro atoms. The highest BCUT2D eigenvalue weighted by Crippen LogP contribution is 2.49. The number of hydrogen-bond acceptors (Lipinski definition) is 2. The smallest absolute Gasteiger partial charge is 0.136 e. The summed E-state index contributed by atoms with van der Waals surface area (Å²) in [5.74, 6) is 0.